The number of hydrogen-bond donors (Lipinski definition) is 2. The minimum atomic E-state index is -0.597. The van der Waals surface area contributed by atoms with E-state index in [0.29, 0.717) is 12.2 Å². The molecule has 2 aliphatic rings. The number of hydrogen-bond acceptors (Lipinski definition) is 4. The minimum Gasteiger partial charge on any atom is -0.388 e. The molecule has 0 radical (unpaired) electrons. The predicted octanol–water partition coefficient (Wildman–Crippen LogP) is 0.869. The van der Waals surface area contributed by atoms with Crippen LogP contribution in [0.15, 0.2) is 12.1 Å². The monoisotopic (exact) mass is 291 g/mol. The second kappa shape index (κ2) is 5.40. The van der Waals surface area contributed by atoms with Crippen molar-refractivity contribution in [2.45, 2.75) is 45.1 Å². The van der Waals surface area contributed by atoms with E-state index < -0.39 is 6.10 Å². The lowest BCUT2D eigenvalue weighted by atomic mass is 9.99. The van der Waals surface area contributed by atoms with Gasteiger partial charge in [0, 0.05) is 5.56 Å². The molecule has 2 aliphatic heterocycles. The highest BCUT2D eigenvalue weighted by Gasteiger charge is 2.47. The zero-order chi connectivity index (χ0) is 15.1. The van der Waals surface area contributed by atoms with Gasteiger partial charge < -0.3 is 19.9 Å². The summed E-state index contributed by atoms with van der Waals surface area (Å²) in [4.78, 5) is 12.5. The molecule has 21 heavy (non-hydrogen) atoms. The van der Waals surface area contributed by atoms with Crippen LogP contribution in [0.1, 0.15) is 27.0 Å². The van der Waals surface area contributed by atoms with Gasteiger partial charge >= 0.3 is 0 Å². The summed E-state index contributed by atoms with van der Waals surface area (Å²) in [6.07, 6.45) is -1.17. The molecule has 5 nitrogen and oxygen atoms in total. The molecule has 3 rings (SSSR count). The second-order valence-corrected chi connectivity index (χ2v) is 5.99. The average molecular weight is 291 g/mol. The maximum absolute atomic E-state index is 12.5. The summed E-state index contributed by atoms with van der Waals surface area (Å²) in [5, 5.41) is 12.7. The SMILES string of the molecule is Cc1cc(C)c(C(=O)N[C@H]2CO[C@H]3[C@@H]2OC[C@H]3O)cc1C. The van der Waals surface area contributed by atoms with Crippen LogP contribution in [0.25, 0.3) is 0 Å². The first-order valence-electron chi connectivity index (χ1n) is 7.27. The molecule has 0 spiro atoms. The number of ether oxygens (including phenoxy) is 2. The van der Waals surface area contributed by atoms with Crippen LogP contribution in [0.3, 0.4) is 0 Å². The highest BCUT2D eigenvalue weighted by atomic mass is 16.6. The third-order valence-corrected chi connectivity index (χ3v) is 4.43. The third kappa shape index (κ3) is 2.57. The number of carbonyl (C=O) groups excluding carboxylic acids is 1. The summed E-state index contributed by atoms with van der Waals surface area (Å²) in [5.41, 5.74) is 3.91. The number of aliphatic hydroxyl groups excluding tert-OH is 1. The van der Waals surface area contributed by atoms with Gasteiger partial charge in [0.25, 0.3) is 5.91 Å². The van der Waals surface area contributed by atoms with Crippen LogP contribution in [0, 0.1) is 20.8 Å². The number of amides is 1. The fourth-order valence-electron chi connectivity index (χ4n) is 3.05. The van der Waals surface area contributed by atoms with Crippen molar-refractivity contribution in [3.8, 4) is 0 Å². The Kier molecular flexibility index (Phi) is 3.73. The molecule has 114 valence electrons. The van der Waals surface area contributed by atoms with Crippen LogP contribution >= 0.6 is 0 Å². The van der Waals surface area contributed by atoms with Crippen molar-refractivity contribution < 1.29 is 19.4 Å². The smallest absolute Gasteiger partial charge is 0.251 e. The predicted molar refractivity (Wildman–Crippen MR) is 77.4 cm³/mol. The highest BCUT2D eigenvalue weighted by Crippen LogP contribution is 2.27. The number of nitrogens with one attached hydrogen (secondary N) is 1. The quantitative estimate of drug-likeness (QED) is 0.848. The minimum absolute atomic E-state index is 0.116. The van der Waals surface area contributed by atoms with Gasteiger partial charge in [-0.3, -0.25) is 4.79 Å². The van der Waals surface area contributed by atoms with E-state index in [4.69, 9.17) is 9.47 Å². The van der Waals surface area contributed by atoms with E-state index >= 15 is 0 Å². The van der Waals surface area contributed by atoms with Crippen LogP contribution in [-0.2, 0) is 9.47 Å². The number of benzene rings is 1. The van der Waals surface area contributed by atoms with E-state index in [1.54, 1.807) is 0 Å². The fraction of sp³-hybridized carbons (Fsp3) is 0.562. The Balaban J connectivity index is 1.74. The summed E-state index contributed by atoms with van der Waals surface area (Å²) < 4.78 is 11.0. The van der Waals surface area contributed by atoms with Gasteiger partial charge in [0.2, 0.25) is 0 Å². The van der Waals surface area contributed by atoms with E-state index in [0.717, 1.165) is 11.1 Å². The largest absolute Gasteiger partial charge is 0.388 e. The van der Waals surface area contributed by atoms with Gasteiger partial charge in [0.15, 0.2) is 0 Å². The molecule has 0 saturated carbocycles. The van der Waals surface area contributed by atoms with Crippen molar-refractivity contribution in [3.63, 3.8) is 0 Å². The van der Waals surface area contributed by atoms with Gasteiger partial charge in [-0.15, -0.1) is 0 Å². The van der Waals surface area contributed by atoms with E-state index in [9.17, 15) is 9.90 Å². The van der Waals surface area contributed by atoms with Gasteiger partial charge in [0.1, 0.15) is 18.3 Å². The van der Waals surface area contributed by atoms with Crippen molar-refractivity contribution in [2.24, 2.45) is 0 Å². The Morgan fingerprint density at radius 3 is 2.52 bits per heavy atom. The van der Waals surface area contributed by atoms with Gasteiger partial charge in [-0.1, -0.05) is 6.07 Å². The molecular weight excluding hydrogens is 270 g/mol. The van der Waals surface area contributed by atoms with E-state index in [1.807, 2.05) is 32.9 Å². The van der Waals surface area contributed by atoms with Gasteiger partial charge in [-0.05, 0) is 43.5 Å². The molecule has 0 bridgehead atoms. The molecular formula is C16H21NO4. The lowest BCUT2D eigenvalue weighted by Crippen LogP contribution is -2.44. The molecule has 2 heterocycles. The number of fused-ring (bicyclic) bond motifs is 1. The molecule has 2 fully saturated rings. The van der Waals surface area contributed by atoms with Crippen molar-refractivity contribution in [3.05, 3.63) is 34.4 Å². The van der Waals surface area contributed by atoms with Crippen LogP contribution in [0.2, 0.25) is 0 Å². The van der Waals surface area contributed by atoms with E-state index in [1.165, 1.54) is 5.56 Å². The Hall–Kier alpha value is -1.43. The Bertz CT molecular complexity index is 572. The van der Waals surface area contributed by atoms with Gasteiger partial charge in [0.05, 0.1) is 19.3 Å². The Morgan fingerprint density at radius 1 is 1.10 bits per heavy atom. The maximum Gasteiger partial charge on any atom is 0.251 e. The first kappa shape index (κ1) is 14.5. The number of rotatable bonds is 2. The summed E-state index contributed by atoms with van der Waals surface area (Å²) in [6.45, 7) is 6.61. The van der Waals surface area contributed by atoms with Crippen molar-refractivity contribution in [1.82, 2.24) is 5.32 Å². The summed E-state index contributed by atoms with van der Waals surface area (Å²) in [7, 11) is 0. The van der Waals surface area contributed by atoms with Crippen molar-refractivity contribution in [2.75, 3.05) is 13.2 Å². The molecule has 4 atom stereocenters. The molecule has 0 aromatic heterocycles. The van der Waals surface area contributed by atoms with Crippen LogP contribution in [0.4, 0.5) is 0 Å². The second-order valence-electron chi connectivity index (χ2n) is 5.99. The van der Waals surface area contributed by atoms with Gasteiger partial charge in [-0.2, -0.15) is 0 Å². The van der Waals surface area contributed by atoms with Crippen LogP contribution in [-0.4, -0.2) is 48.6 Å². The number of aliphatic hydroxyl groups is 1. The van der Waals surface area contributed by atoms with E-state index in [-0.39, 0.29) is 30.8 Å². The lowest BCUT2D eigenvalue weighted by molar-refractivity contribution is 0.0178. The lowest BCUT2D eigenvalue weighted by Gasteiger charge is -2.18. The summed E-state index contributed by atoms with van der Waals surface area (Å²) >= 11 is 0. The zero-order valence-corrected chi connectivity index (χ0v) is 12.6. The normalized spacial score (nSPS) is 31.2. The highest BCUT2D eigenvalue weighted by molar-refractivity contribution is 5.96. The summed E-state index contributed by atoms with van der Waals surface area (Å²) in [5.74, 6) is -0.116. The number of carbonyl (C=O) groups is 1. The fourth-order valence-corrected chi connectivity index (χ4v) is 3.05. The standard InChI is InChI=1S/C16H21NO4/c1-8-4-10(3)11(5-9(8)2)16(19)17-12-6-20-15-13(18)7-21-14(12)15/h4-5,12-15,18H,6-7H2,1-3H3,(H,17,19)/t12-,13+,14+,15+/m0/s1. The zero-order valence-electron chi connectivity index (χ0n) is 12.6. The number of aryl methyl sites for hydroxylation is 3. The molecule has 0 aliphatic carbocycles. The topological polar surface area (TPSA) is 67.8 Å². The molecule has 2 N–H and O–H groups in total. The molecule has 5 heteroatoms. The van der Waals surface area contributed by atoms with Crippen LogP contribution < -0.4 is 5.32 Å². The Morgan fingerprint density at radius 2 is 1.76 bits per heavy atom. The third-order valence-electron chi connectivity index (χ3n) is 4.43. The molecule has 0 unspecified atom stereocenters. The molecule has 2 saturated heterocycles. The van der Waals surface area contributed by atoms with Gasteiger partial charge in [-0.25, -0.2) is 0 Å². The first-order chi connectivity index (χ1) is 9.97. The van der Waals surface area contributed by atoms with Crippen LogP contribution in [0.5, 0.6) is 0 Å². The maximum atomic E-state index is 12.5. The van der Waals surface area contributed by atoms with E-state index in [2.05, 4.69) is 5.32 Å². The first-order valence-corrected chi connectivity index (χ1v) is 7.27. The summed E-state index contributed by atoms with van der Waals surface area (Å²) in [6, 6.07) is 3.73. The molecule has 1 aromatic rings. The molecule has 1 amide bonds. The average Bonchev–Trinajstić information content (AvgIpc) is 2.98. The molecule has 1 aromatic carbocycles. The Labute approximate surface area is 124 Å². The van der Waals surface area contributed by atoms with Crippen molar-refractivity contribution in [1.29, 1.82) is 0 Å². The van der Waals surface area contributed by atoms with Crippen molar-refractivity contribution >= 4 is 5.91 Å².